The molecule has 0 spiro atoms. The van der Waals surface area contributed by atoms with E-state index in [1.807, 2.05) is 9.80 Å². The molecule has 5 heterocycles. The van der Waals surface area contributed by atoms with Crippen LogP contribution in [-0.4, -0.2) is 56.2 Å². The van der Waals surface area contributed by atoms with Crippen LogP contribution in [0, 0.1) is 0 Å². The second-order valence-electron chi connectivity index (χ2n) is 7.51. The van der Waals surface area contributed by atoms with Gasteiger partial charge in [0.05, 0.1) is 17.8 Å². The molecule has 3 aromatic heterocycles. The molecule has 0 saturated carbocycles. The smallest absolute Gasteiger partial charge is 0.350 e. The van der Waals surface area contributed by atoms with E-state index in [-0.39, 0.29) is 11.6 Å². The molecule has 0 atom stereocenters. The Labute approximate surface area is 177 Å². The molecule has 0 aliphatic carbocycles. The summed E-state index contributed by atoms with van der Waals surface area (Å²) in [6.07, 6.45) is 6.47. The molecule has 1 amide bonds. The molecule has 10 heteroatoms. The van der Waals surface area contributed by atoms with Crippen molar-refractivity contribution in [3.8, 4) is 5.75 Å². The zero-order chi connectivity index (χ0) is 20.8. The first kappa shape index (κ1) is 18.9. The van der Waals surface area contributed by atoms with E-state index in [2.05, 4.69) is 10.1 Å². The summed E-state index contributed by atoms with van der Waals surface area (Å²) in [5.74, 6) is 1.11. The third-order valence-electron chi connectivity index (χ3n) is 5.60. The molecule has 1 saturated heterocycles. The Morgan fingerprint density at radius 1 is 1.20 bits per heavy atom. The van der Waals surface area contributed by atoms with E-state index >= 15 is 0 Å². The van der Waals surface area contributed by atoms with E-state index in [0.29, 0.717) is 46.6 Å². The Bertz CT molecular complexity index is 1200. The van der Waals surface area contributed by atoms with E-state index in [1.165, 1.54) is 9.08 Å². The molecule has 1 fully saturated rings. The molecule has 5 rings (SSSR count). The zero-order valence-electron chi connectivity index (χ0n) is 16.5. The maximum absolute atomic E-state index is 12.8. The molecule has 0 bridgehead atoms. The van der Waals surface area contributed by atoms with E-state index in [1.54, 1.807) is 31.6 Å². The zero-order valence-corrected chi connectivity index (χ0v) is 17.3. The predicted molar refractivity (Wildman–Crippen MR) is 112 cm³/mol. The lowest BCUT2D eigenvalue weighted by Crippen LogP contribution is -2.36. The molecular formula is C20H21ClN6O3. The number of aryl methyl sites for hydroxylation is 1. The number of halogens is 1. The van der Waals surface area contributed by atoms with Crippen LogP contribution in [-0.2, 0) is 7.05 Å². The van der Waals surface area contributed by atoms with Crippen LogP contribution >= 0.6 is 11.6 Å². The number of anilines is 2. The Balaban J connectivity index is 1.51. The highest BCUT2D eigenvalue weighted by Crippen LogP contribution is 2.39. The van der Waals surface area contributed by atoms with Gasteiger partial charge in [0.1, 0.15) is 11.6 Å². The summed E-state index contributed by atoms with van der Waals surface area (Å²) in [5, 5.41) is 4.58. The first-order valence-corrected chi connectivity index (χ1v) is 10.4. The van der Waals surface area contributed by atoms with Gasteiger partial charge in [0, 0.05) is 32.5 Å². The maximum atomic E-state index is 12.8. The van der Waals surface area contributed by atoms with Crippen LogP contribution in [0.1, 0.15) is 29.6 Å². The third-order valence-corrected chi connectivity index (χ3v) is 5.96. The van der Waals surface area contributed by atoms with Crippen molar-refractivity contribution in [2.24, 2.45) is 7.05 Å². The lowest BCUT2D eigenvalue weighted by Gasteiger charge is -2.31. The predicted octanol–water partition coefficient (Wildman–Crippen LogP) is 2.24. The number of hydrogen-bond acceptors (Lipinski definition) is 6. The molecule has 0 radical (unpaired) electrons. The average Bonchev–Trinajstić information content (AvgIpc) is 3.08. The van der Waals surface area contributed by atoms with Gasteiger partial charge < -0.3 is 14.5 Å². The van der Waals surface area contributed by atoms with Crippen molar-refractivity contribution in [1.29, 1.82) is 0 Å². The largest absolute Gasteiger partial charge is 0.488 e. The second kappa shape index (κ2) is 7.32. The highest BCUT2D eigenvalue weighted by atomic mass is 35.5. The molecule has 0 aromatic carbocycles. The average molecular weight is 429 g/mol. The van der Waals surface area contributed by atoms with Crippen LogP contribution in [0.5, 0.6) is 5.75 Å². The number of aromatic nitrogens is 4. The molecule has 0 N–H and O–H groups in total. The maximum Gasteiger partial charge on any atom is 0.350 e. The van der Waals surface area contributed by atoms with E-state index in [9.17, 15) is 9.59 Å². The standard InChI is InChI=1S/C20H21ClN6O3/c1-24-20(29)27-8-5-14(16(21)18(27)23-24)26-9-10-30-15-11-13(12-22-17(15)26)19(28)25-6-3-2-4-7-25/h5,8,11-12H,2-4,6-7,9-10H2,1H3. The van der Waals surface area contributed by atoms with Gasteiger partial charge in [0.25, 0.3) is 5.91 Å². The lowest BCUT2D eigenvalue weighted by molar-refractivity contribution is 0.0723. The van der Waals surface area contributed by atoms with Crippen LogP contribution in [0.4, 0.5) is 11.5 Å². The van der Waals surface area contributed by atoms with Crippen LogP contribution < -0.4 is 15.3 Å². The number of carbonyl (C=O) groups is 1. The van der Waals surface area contributed by atoms with E-state index < -0.39 is 0 Å². The highest BCUT2D eigenvalue weighted by Gasteiger charge is 2.27. The summed E-state index contributed by atoms with van der Waals surface area (Å²) in [6, 6.07) is 3.52. The Morgan fingerprint density at radius 2 is 2.00 bits per heavy atom. The van der Waals surface area contributed by atoms with Gasteiger partial charge in [-0.15, -0.1) is 5.10 Å². The molecule has 156 valence electrons. The van der Waals surface area contributed by atoms with Crippen molar-refractivity contribution >= 4 is 34.7 Å². The Morgan fingerprint density at radius 3 is 2.80 bits per heavy atom. The third kappa shape index (κ3) is 3.00. The molecule has 30 heavy (non-hydrogen) atoms. The van der Waals surface area contributed by atoms with Gasteiger partial charge in [-0.05, 0) is 31.4 Å². The summed E-state index contributed by atoms with van der Waals surface area (Å²) >= 11 is 6.60. The summed E-state index contributed by atoms with van der Waals surface area (Å²) < 4.78 is 8.46. The normalized spacial score (nSPS) is 16.5. The molecule has 3 aromatic rings. The minimum atomic E-state index is -0.264. The van der Waals surface area contributed by atoms with Crippen LogP contribution in [0.25, 0.3) is 5.65 Å². The number of hydrogen-bond donors (Lipinski definition) is 0. The van der Waals surface area contributed by atoms with Crippen LogP contribution in [0.2, 0.25) is 5.02 Å². The van der Waals surface area contributed by atoms with Gasteiger partial charge in [-0.2, -0.15) is 0 Å². The van der Waals surface area contributed by atoms with Gasteiger partial charge in [0.15, 0.2) is 17.2 Å². The minimum absolute atomic E-state index is 0.0157. The summed E-state index contributed by atoms with van der Waals surface area (Å²) in [5.41, 5.74) is 1.32. The van der Waals surface area contributed by atoms with Gasteiger partial charge in [-0.3, -0.25) is 4.79 Å². The second-order valence-corrected chi connectivity index (χ2v) is 7.89. The molecule has 0 unspecified atom stereocenters. The van der Waals surface area contributed by atoms with Gasteiger partial charge in [-0.1, -0.05) is 11.6 Å². The minimum Gasteiger partial charge on any atom is -0.488 e. The Hall–Kier alpha value is -3.07. The van der Waals surface area contributed by atoms with Gasteiger partial charge in [-0.25, -0.2) is 18.9 Å². The van der Waals surface area contributed by atoms with Crippen molar-refractivity contribution in [2.45, 2.75) is 19.3 Å². The van der Waals surface area contributed by atoms with Gasteiger partial charge >= 0.3 is 5.69 Å². The number of likely N-dealkylation sites (tertiary alicyclic amines) is 1. The summed E-state index contributed by atoms with van der Waals surface area (Å²) in [6.45, 7) is 2.52. The Kier molecular flexibility index (Phi) is 4.62. The lowest BCUT2D eigenvalue weighted by atomic mass is 10.1. The topological polar surface area (TPSA) is 85.0 Å². The van der Waals surface area contributed by atoms with Crippen molar-refractivity contribution < 1.29 is 9.53 Å². The summed E-state index contributed by atoms with van der Waals surface area (Å²) in [4.78, 5) is 33.3. The molecule has 9 nitrogen and oxygen atoms in total. The highest BCUT2D eigenvalue weighted by molar-refractivity contribution is 6.36. The van der Waals surface area contributed by atoms with Crippen molar-refractivity contribution in [3.05, 3.63) is 45.6 Å². The fourth-order valence-electron chi connectivity index (χ4n) is 4.04. The first-order valence-electron chi connectivity index (χ1n) is 9.98. The number of carbonyl (C=O) groups excluding carboxylic acids is 1. The SMILES string of the molecule is Cn1nc2c(Cl)c(N3CCOc4cc(C(=O)N5CCCCC5)cnc43)ccn2c1=O. The fourth-order valence-corrected chi connectivity index (χ4v) is 4.33. The number of ether oxygens (including phenoxy) is 1. The van der Waals surface area contributed by atoms with Crippen molar-refractivity contribution in [1.82, 2.24) is 24.1 Å². The number of nitrogens with zero attached hydrogens (tertiary/aromatic N) is 6. The van der Waals surface area contributed by atoms with Crippen molar-refractivity contribution in [2.75, 3.05) is 31.1 Å². The first-order chi connectivity index (χ1) is 14.5. The van der Waals surface area contributed by atoms with Crippen molar-refractivity contribution in [3.63, 3.8) is 0 Å². The van der Waals surface area contributed by atoms with Gasteiger partial charge in [0.2, 0.25) is 0 Å². The van der Waals surface area contributed by atoms with E-state index in [4.69, 9.17) is 16.3 Å². The van der Waals surface area contributed by atoms with E-state index in [0.717, 1.165) is 32.4 Å². The monoisotopic (exact) mass is 428 g/mol. The quantitative estimate of drug-likeness (QED) is 0.622. The number of piperidine rings is 1. The number of rotatable bonds is 2. The molecule has 2 aliphatic rings. The number of amides is 1. The summed E-state index contributed by atoms with van der Waals surface area (Å²) in [7, 11) is 1.58. The van der Waals surface area contributed by atoms with Crippen LogP contribution in [0.15, 0.2) is 29.3 Å². The fraction of sp³-hybridized carbons (Fsp3) is 0.400. The number of fused-ring (bicyclic) bond motifs is 2. The molecular weight excluding hydrogens is 408 g/mol. The number of pyridine rings is 2. The molecule has 2 aliphatic heterocycles. The van der Waals surface area contributed by atoms with Crippen LogP contribution in [0.3, 0.4) is 0 Å².